The largest absolute Gasteiger partial charge is 0.382 e. The van der Waals surface area contributed by atoms with Crippen LogP contribution < -0.4 is 5.32 Å². The molecule has 1 rings (SSSR count). The zero-order valence-electron chi connectivity index (χ0n) is 10.7. The van der Waals surface area contributed by atoms with Gasteiger partial charge in [-0.2, -0.15) is 5.26 Å². The molecule has 17 heavy (non-hydrogen) atoms. The van der Waals surface area contributed by atoms with Crippen LogP contribution in [0.1, 0.15) is 32.3 Å². The van der Waals surface area contributed by atoms with Crippen LogP contribution in [0.25, 0.3) is 0 Å². The maximum atomic E-state index is 13.5. The Morgan fingerprint density at radius 2 is 2.12 bits per heavy atom. The Morgan fingerprint density at radius 3 is 2.71 bits per heavy atom. The van der Waals surface area contributed by atoms with E-state index < -0.39 is 0 Å². The smallest absolute Gasteiger partial charge is 0.146 e. The summed E-state index contributed by atoms with van der Waals surface area (Å²) in [4.78, 5) is 0. The number of para-hydroxylation sites is 1. The number of nitriles is 1. The fraction of sp³-hybridized carbons (Fsp3) is 0.500. The van der Waals surface area contributed by atoms with Gasteiger partial charge in [0, 0.05) is 6.54 Å². The minimum atomic E-state index is -0.300. The standard InChI is InChI=1S/C14H19FN2/c1-11-6-4-7-12(15)13(11)17-9-5-8-14(2,3)10-16/h4,6-7,17H,5,8-9H2,1-3H3. The van der Waals surface area contributed by atoms with Crippen LogP contribution in [0.5, 0.6) is 0 Å². The zero-order valence-corrected chi connectivity index (χ0v) is 10.7. The highest BCUT2D eigenvalue weighted by Gasteiger charge is 2.15. The molecule has 0 radical (unpaired) electrons. The third-order valence-corrected chi connectivity index (χ3v) is 2.80. The third kappa shape index (κ3) is 4.07. The van der Waals surface area contributed by atoms with Gasteiger partial charge < -0.3 is 5.32 Å². The first-order chi connectivity index (χ1) is 7.96. The molecule has 0 atom stereocenters. The van der Waals surface area contributed by atoms with Crippen molar-refractivity contribution in [1.29, 1.82) is 5.26 Å². The Kier molecular flexibility index (Phi) is 4.51. The van der Waals surface area contributed by atoms with E-state index in [-0.39, 0.29) is 11.2 Å². The fourth-order valence-electron chi connectivity index (χ4n) is 1.66. The molecule has 1 N–H and O–H groups in total. The fourth-order valence-corrected chi connectivity index (χ4v) is 1.66. The molecule has 0 aliphatic carbocycles. The predicted octanol–water partition coefficient (Wildman–Crippen LogP) is 3.88. The zero-order chi connectivity index (χ0) is 12.9. The lowest BCUT2D eigenvalue weighted by Crippen LogP contribution is -2.12. The molecular weight excluding hydrogens is 215 g/mol. The number of aryl methyl sites for hydroxylation is 1. The van der Waals surface area contributed by atoms with Crippen LogP contribution in [0.15, 0.2) is 18.2 Å². The van der Waals surface area contributed by atoms with Crippen LogP contribution >= 0.6 is 0 Å². The van der Waals surface area contributed by atoms with Gasteiger partial charge >= 0.3 is 0 Å². The average Bonchev–Trinajstić information content (AvgIpc) is 2.27. The molecule has 3 heteroatoms. The van der Waals surface area contributed by atoms with Crippen molar-refractivity contribution >= 4 is 5.69 Å². The van der Waals surface area contributed by atoms with Gasteiger partial charge in [0.1, 0.15) is 5.82 Å². The molecule has 92 valence electrons. The number of nitrogens with one attached hydrogen (secondary N) is 1. The van der Waals surface area contributed by atoms with Crippen LogP contribution in [0.3, 0.4) is 0 Å². The Hall–Kier alpha value is -1.56. The van der Waals surface area contributed by atoms with Crippen molar-refractivity contribution in [1.82, 2.24) is 0 Å². The average molecular weight is 234 g/mol. The molecule has 0 aliphatic rings. The molecule has 0 bridgehead atoms. The van der Waals surface area contributed by atoms with E-state index in [1.165, 1.54) is 6.07 Å². The highest BCUT2D eigenvalue weighted by molar-refractivity contribution is 5.51. The van der Waals surface area contributed by atoms with Crippen LogP contribution in [0.2, 0.25) is 0 Å². The number of nitrogens with zero attached hydrogens (tertiary/aromatic N) is 1. The predicted molar refractivity (Wildman–Crippen MR) is 68.3 cm³/mol. The quantitative estimate of drug-likeness (QED) is 0.785. The molecule has 0 saturated heterocycles. The number of halogens is 1. The topological polar surface area (TPSA) is 35.8 Å². The summed E-state index contributed by atoms with van der Waals surface area (Å²) in [6.45, 7) is 6.40. The molecule has 0 amide bonds. The first-order valence-electron chi connectivity index (χ1n) is 5.86. The second-order valence-electron chi connectivity index (χ2n) is 4.96. The van der Waals surface area contributed by atoms with Gasteiger partial charge in [0.15, 0.2) is 0 Å². The molecule has 0 aromatic heterocycles. The summed E-state index contributed by atoms with van der Waals surface area (Å²) >= 11 is 0. The summed E-state index contributed by atoms with van der Waals surface area (Å²) in [6.07, 6.45) is 1.67. The molecule has 0 unspecified atom stereocenters. The Morgan fingerprint density at radius 1 is 1.41 bits per heavy atom. The van der Waals surface area contributed by atoms with Crippen molar-refractivity contribution in [3.05, 3.63) is 29.6 Å². The van der Waals surface area contributed by atoms with Crippen LogP contribution in [-0.4, -0.2) is 6.54 Å². The molecule has 1 aromatic rings. The van der Waals surface area contributed by atoms with E-state index in [1.54, 1.807) is 6.07 Å². The van der Waals surface area contributed by atoms with Gasteiger partial charge in [-0.3, -0.25) is 0 Å². The van der Waals surface area contributed by atoms with E-state index in [0.717, 1.165) is 18.4 Å². The highest BCUT2D eigenvalue weighted by atomic mass is 19.1. The van der Waals surface area contributed by atoms with Gasteiger partial charge in [0.25, 0.3) is 0 Å². The molecule has 0 fully saturated rings. The van der Waals surface area contributed by atoms with Crippen molar-refractivity contribution in [3.63, 3.8) is 0 Å². The number of benzene rings is 1. The monoisotopic (exact) mass is 234 g/mol. The summed E-state index contributed by atoms with van der Waals surface area (Å²) in [5.41, 5.74) is 1.18. The van der Waals surface area contributed by atoms with Crippen LogP contribution in [0.4, 0.5) is 10.1 Å². The Bertz CT molecular complexity index is 398. The summed E-state index contributed by atoms with van der Waals surface area (Å²) in [6, 6.07) is 7.30. The summed E-state index contributed by atoms with van der Waals surface area (Å²) in [5.74, 6) is -0.218. The lowest BCUT2D eigenvalue weighted by Gasteiger charge is -2.15. The van der Waals surface area contributed by atoms with Crippen molar-refractivity contribution < 1.29 is 4.39 Å². The molecule has 0 aliphatic heterocycles. The van der Waals surface area contributed by atoms with E-state index >= 15 is 0 Å². The first-order valence-corrected chi connectivity index (χ1v) is 5.86. The van der Waals surface area contributed by atoms with E-state index in [4.69, 9.17) is 5.26 Å². The van der Waals surface area contributed by atoms with Gasteiger partial charge in [-0.15, -0.1) is 0 Å². The summed E-state index contributed by atoms with van der Waals surface area (Å²) in [7, 11) is 0. The Balaban J connectivity index is 2.45. The van der Waals surface area contributed by atoms with Gasteiger partial charge in [-0.25, -0.2) is 4.39 Å². The van der Waals surface area contributed by atoms with Gasteiger partial charge in [0.2, 0.25) is 0 Å². The minimum absolute atomic E-state index is 0.218. The first kappa shape index (κ1) is 13.5. The molecule has 0 saturated carbocycles. The Labute approximate surface area is 102 Å². The van der Waals surface area contributed by atoms with Crippen LogP contribution in [-0.2, 0) is 0 Å². The van der Waals surface area contributed by atoms with Gasteiger partial charge in [-0.1, -0.05) is 12.1 Å². The van der Waals surface area contributed by atoms with Crippen molar-refractivity contribution in [3.8, 4) is 6.07 Å². The second-order valence-corrected chi connectivity index (χ2v) is 4.96. The SMILES string of the molecule is Cc1cccc(F)c1NCCCC(C)(C)C#N. The van der Waals surface area contributed by atoms with E-state index in [1.807, 2.05) is 26.8 Å². The van der Waals surface area contributed by atoms with Crippen molar-refractivity contribution in [2.75, 3.05) is 11.9 Å². The number of rotatable bonds is 5. The van der Waals surface area contributed by atoms with E-state index in [9.17, 15) is 4.39 Å². The molecule has 0 spiro atoms. The molecule has 2 nitrogen and oxygen atoms in total. The van der Waals surface area contributed by atoms with Crippen molar-refractivity contribution in [2.24, 2.45) is 5.41 Å². The molecule has 0 heterocycles. The van der Waals surface area contributed by atoms with E-state index in [2.05, 4.69) is 11.4 Å². The number of hydrogen-bond donors (Lipinski definition) is 1. The lowest BCUT2D eigenvalue weighted by atomic mass is 9.90. The molecular formula is C14H19FN2. The van der Waals surface area contributed by atoms with E-state index in [0.29, 0.717) is 12.2 Å². The number of anilines is 1. The maximum Gasteiger partial charge on any atom is 0.146 e. The van der Waals surface area contributed by atoms with Crippen molar-refractivity contribution in [2.45, 2.75) is 33.6 Å². The molecule has 1 aromatic carbocycles. The van der Waals surface area contributed by atoms with Crippen LogP contribution in [0, 0.1) is 29.5 Å². The summed E-state index contributed by atoms with van der Waals surface area (Å²) in [5, 5.41) is 12.0. The van der Waals surface area contributed by atoms with Gasteiger partial charge in [-0.05, 0) is 45.2 Å². The minimum Gasteiger partial charge on any atom is -0.382 e. The summed E-state index contributed by atoms with van der Waals surface area (Å²) < 4.78 is 13.5. The third-order valence-electron chi connectivity index (χ3n) is 2.80. The number of hydrogen-bond acceptors (Lipinski definition) is 2. The maximum absolute atomic E-state index is 13.5. The normalized spacial score (nSPS) is 11.0. The highest BCUT2D eigenvalue weighted by Crippen LogP contribution is 2.22. The van der Waals surface area contributed by atoms with Gasteiger partial charge in [0.05, 0.1) is 17.2 Å². The lowest BCUT2D eigenvalue weighted by molar-refractivity contribution is 0.441. The second kappa shape index (κ2) is 5.67.